The normalized spacial score (nSPS) is 10.8. The maximum atomic E-state index is 14.2. The minimum Gasteiger partial charge on any atom is -0.494 e. The van der Waals surface area contributed by atoms with Gasteiger partial charge in [-0.3, -0.25) is 4.98 Å². The number of anilines is 2. The Morgan fingerprint density at radius 3 is 2.57 bits per heavy atom. The lowest BCUT2D eigenvalue weighted by Crippen LogP contribution is -1.97. The first-order chi connectivity index (χ1) is 13.8. The van der Waals surface area contributed by atoms with Crippen molar-refractivity contribution in [2.24, 2.45) is 0 Å². The highest BCUT2D eigenvalue weighted by Crippen LogP contribution is 2.31. The number of hydrogen-bond acceptors (Lipinski definition) is 5. The second-order valence-electron chi connectivity index (χ2n) is 6.65. The van der Waals surface area contributed by atoms with Crippen molar-refractivity contribution in [1.82, 2.24) is 9.97 Å². The van der Waals surface area contributed by atoms with E-state index in [1.54, 1.807) is 24.5 Å². The third-order valence-corrected chi connectivity index (χ3v) is 5.15. The number of ether oxygens (including phenoxy) is 1. The Labute approximate surface area is 169 Å². The standard InChI is InChI=1S/C22H26FN3OS/c1-2-3-4-5-6-7-15-27-19-12-10-18(11-13-19)25-22-26-20(21(23)28-22)17-9-8-14-24-16-17/h8-14,16H,2-7,15H2,1H3,(H,25,26). The van der Waals surface area contributed by atoms with Gasteiger partial charge in [-0.05, 0) is 42.8 Å². The highest BCUT2D eigenvalue weighted by molar-refractivity contribution is 7.14. The molecule has 0 atom stereocenters. The average Bonchev–Trinajstić information content (AvgIpc) is 3.09. The van der Waals surface area contributed by atoms with Crippen LogP contribution in [-0.4, -0.2) is 16.6 Å². The van der Waals surface area contributed by atoms with Crippen molar-refractivity contribution in [1.29, 1.82) is 0 Å². The first-order valence-electron chi connectivity index (χ1n) is 9.83. The van der Waals surface area contributed by atoms with Crippen LogP contribution >= 0.6 is 11.3 Å². The van der Waals surface area contributed by atoms with E-state index in [-0.39, 0.29) is 5.13 Å². The Bertz CT molecular complexity index is 837. The Morgan fingerprint density at radius 2 is 1.82 bits per heavy atom. The molecule has 3 aromatic rings. The molecule has 0 saturated carbocycles. The van der Waals surface area contributed by atoms with Crippen LogP contribution in [0.15, 0.2) is 48.8 Å². The van der Waals surface area contributed by atoms with Crippen molar-refractivity contribution in [2.45, 2.75) is 45.4 Å². The molecule has 0 spiro atoms. The van der Waals surface area contributed by atoms with E-state index >= 15 is 0 Å². The number of nitrogens with zero attached hydrogens (tertiary/aromatic N) is 2. The fourth-order valence-corrected chi connectivity index (χ4v) is 3.60. The Morgan fingerprint density at radius 1 is 1.04 bits per heavy atom. The second kappa shape index (κ2) is 10.8. The molecule has 4 nitrogen and oxygen atoms in total. The summed E-state index contributed by atoms with van der Waals surface area (Å²) < 4.78 is 20.0. The SMILES string of the molecule is CCCCCCCCOc1ccc(Nc2nc(-c3cccnc3)c(F)s2)cc1. The Kier molecular flexibility index (Phi) is 7.79. The Balaban J connectivity index is 1.48. The largest absolute Gasteiger partial charge is 0.494 e. The molecule has 0 amide bonds. The number of aromatic nitrogens is 2. The molecule has 148 valence electrons. The van der Waals surface area contributed by atoms with Gasteiger partial charge in [0.05, 0.1) is 6.61 Å². The maximum Gasteiger partial charge on any atom is 0.206 e. The fourth-order valence-electron chi connectivity index (χ4n) is 2.87. The molecule has 1 aromatic carbocycles. The van der Waals surface area contributed by atoms with Crippen molar-refractivity contribution in [2.75, 3.05) is 11.9 Å². The summed E-state index contributed by atoms with van der Waals surface area (Å²) in [6.45, 7) is 2.97. The predicted octanol–water partition coefficient (Wildman–Crippen LogP) is 6.83. The van der Waals surface area contributed by atoms with Crippen LogP contribution in [0.25, 0.3) is 11.3 Å². The summed E-state index contributed by atoms with van der Waals surface area (Å²) in [7, 11) is 0. The molecule has 0 unspecified atom stereocenters. The zero-order valence-electron chi connectivity index (χ0n) is 16.2. The first-order valence-corrected chi connectivity index (χ1v) is 10.6. The molecule has 28 heavy (non-hydrogen) atoms. The summed E-state index contributed by atoms with van der Waals surface area (Å²) in [5, 5.41) is 3.34. The molecular weight excluding hydrogens is 373 g/mol. The molecule has 0 fully saturated rings. The van der Waals surface area contributed by atoms with Crippen LogP contribution in [0, 0.1) is 5.13 Å². The summed E-state index contributed by atoms with van der Waals surface area (Å²) in [5.41, 5.74) is 1.83. The molecule has 0 bridgehead atoms. The van der Waals surface area contributed by atoms with Crippen molar-refractivity contribution in [3.05, 3.63) is 53.9 Å². The highest BCUT2D eigenvalue weighted by atomic mass is 32.1. The van der Waals surface area contributed by atoms with Crippen LogP contribution in [0.3, 0.4) is 0 Å². The van der Waals surface area contributed by atoms with Crippen LogP contribution < -0.4 is 10.1 Å². The molecule has 2 heterocycles. The molecule has 6 heteroatoms. The van der Waals surface area contributed by atoms with E-state index in [9.17, 15) is 4.39 Å². The van der Waals surface area contributed by atoms with Crippen molar-refractivity contribution in [3.8, 4) is 17.0 Å². The van der Waals surface area contributed by atoms with E-state index in [1.807, 2.05) is 24.3 Å². The number of nitrogens with one attached hydrogen (secondary N) is 1. The van der Waals surface area contributed by atoms with Crippen LogP contribution in [0.4, 0.5) is 15.2 Å². The second-order valence-corrected chi connectivity index (χ2v) is 7.60. The van der Waals surface area contributed by atoms with Gasteiger partial charge in [-0.25, -0.2) is 4.98 Å². The molecule has 0 radical (unpaired) electrons. The third kappa shape index (κ3) is 6.02. The number of rotatable bonds is 11. The minimum absolute atomic E-state index is 0.319. The number of halogens is 1. The summed E-state index contributed by atoms with van der Waals surface area (Å²) in [6, 6.07) is 11.2. The monoisotopic (exact) mass is 399 g/mol. The zero-order valence-corrected chi connectivity index (χ0v) is 17.0. The number of pyridine rings is 1. The van der Waals surface area contributed by atoms with Gasteiger partial charge in [0.25, 0.3) is 0 Å². The van der Waals surface area contributed by atoms with E-state index in [2.05, 4.69) is 22.2 Å². The van der Waals surface area contributed by atoms with Gasteiger partial charge in [0.1, 0.15) is 11.4 Å². The summed E-state index contributed by atoms with van der Waals surface area (Å²) in [4.78, 5) is 8.37. The average molecular weight is 400 g/mol. The number of unbranched alkanes of at least 4 members (excludes halogenated alkanes) is 5. The van der Waals surface area contributed by atoms with Crippen LogP contribution in [0.1, 0.15) is 45.4 Å². The molecule has 0 aliphatic heterocycles. The van der Waals surface area contributed by atoms with E-state index in [0.717, 1.165) is 35.8 Å². The van der Waals surface area contributed by atoms with Gasteiger partial charge in [0.15, 0.2) is 5.13 Å². The van der Waals surface area contributed by atoms with Crippen molar-refractivity contribution >= 4 is 22.2 Å². The fraction of sp³-hybridized carbons (Fsp3) is 0.364. The lowest BCUT2D eigenvalue weighted by molar-refractivity contribution is 0.304. The molecule has 0 aliphatic rings. The van der Waals surface area contributed by atoms with Gasteiger partial charge in [0.2, 0.25) is 5.13 Å². The van der Waals surface area contributed by atoms with Gasteiger partial charge in [0, 0.05) is 23.6 Å². The summed E-state index contributed by atoms with van der Waals surface area (Å²) in [6.07, 6.45) is 10.8. The third-order valence-electron chi connectivity index (χ3n) is 4.39. The molecule has 1 N–H and O–H groups in total. The number of hydrogen-bond donors (Lipinski definition) is 1. The van der Waals surface area contributed by atoms with Gasteiger partial charge in [-0.1, -0.05) is 50.4 Å². The molecule has 0 saturated heterocycles. The first kappa shape index (κ1) is 20.3. The van der Waals surface area contributed by atoms with Gasteiger partial charge in [-0.2, -0.15) is 4.39 Å². The summed E-state index contributed by atoms with van der Waals surface area (Å²) in [5.74, 6) is 0.848. The van der Waals surface area contributed by atoms with E-state index in [0.29, 0.717) is 16.4 Å². The molecular formula is C22H26FN3OS. The van der Waals surface area contributed by atoms with Crippen molar-refractivity contribution in [3.63, 3.8) is 0 Å². The quantitative estimate of drug-likeness (QED) is 0.359. The number of benzene rings is 1. The minimum atomic E-state index is -0.325. The molecule has 0 aliphatic carbocycles. The van der Waals surface area contributed by atoms with Gasteiger partial charge < -0.3 is 10.1 Å². The van der Waals surface area contributed by atoms with Gasteiger partial charge in [-0.15, -0.1) is 0 Å². The maximum absolute atomic E-state index is 14.2. The lowest BCUT2D eigenvalue weighted by atomic mass is 10.1. The van der Waals surface area contributed by atoms with E-state index in [4.69, 9.17) is 4.74 Å². The van der Waals surface area contributed by atoms with Crippen LogP contribution in [0.2, 0.25) is 0 Å². The van der Waals surface area contributed by atoms with E-state index in [1.165, 1.54) is 32.1 Å². The van der Waals surface area contributed by atoms with Crippen LogP contribution in [0.5, 0.6) is 5.75 Å². The predicted molar refractivity (Wildman–Crippen MR) is 114 cm³/mol. The van der Waals surface area contributed by atoms with E-state index < -0.39 is 0 Å². The number of thiazole rings is 1. The van der Waals surface area contributed by atoms with Crippen LogP contribution in [-0.2, 0) is 0 Å². The molecule has 3 rings (SSSR count). The highest BCUT2D eigenvalue weighted by Gasteiger charge is 2.13. The molecule has 2 aromatic heterocycles. The van der Waals surface area contributed by atoms with Gasteiger partial charge >= 0.3 is 0 Å². The smallest absolute Gasteiger partial charge is 0.206 e. The topological polar surface area (TPSA) is 47.0 Å². The lowest BCUT2D eigenvalue weighted by Gasteiger charge is -2.07. The Hall–Kier alpha value is -2.47. The van der Waals surface area contributed by atoms with Crippen molar-refractivity contribution < 1.29 is 9.13 Å². The summed E-state index contributed by atoms with van der Waals surface area (Å²) >= 11 is 0.985. The zero-order chi connectivity index (χ0) is 19.6.